The number of carbonyl (C=O) groups is 1. The zero-order chi connectivity index (χ0) is 12.7. The van der Waals surface area contributed by atoms with Crippen LogP contribution in [0.4, 0.5) is 0 Å². The summed E-state index contributed by atoms with van der Waals surface area (Å²) in [6.45, 7) is 0.230. The third kappa shape index (κ3) is 1.61. The number of fused-ring (bicyclic) bond motifs is 3. The van der Waals surface area contributed by atoms with E-state index in [1.165, 1.54) is 18.2 Å². The molecule has 1 unspecified atom stereocenters. The molecule has 1 atom stereocenters. The lowest BCUT2D eigenvalue weighted by Crippen LogP contribution is -2.00. The van der Waals surface area contributed by atoms with Gasteiger partial charge in [0.25, 0.3) is 0 Å². The van der Waals surface area contributed by atoms with Crippen LogP contribution in [0.25, 0.3) is 10.9 Å². The van der Waals surface area contributed by atoms with Gasteiger partial charge in [-0.3, -0.25) is 0 Å². The Balaban J connectivity index is 1.95. The predicted octanol–water partition coefficient (Wildman–Crippen LogP) is 2.17. The molecule has 94 valence electrons. The largest absolute Gasteiger partial charge is 0.464 e. The molecule has 1 aromatic carbocycles. The van der Waals surface area contributed by atoms with Crippen LogP contribution in [0, 0.1) is 0 Å². The van der Waals surface area contributed by atoms with Crippen LogP contribution in [-0.2, 0) is 4.74 Å². The SMILES string of the molecule is COC(=O)c1cc2c3c(ccc2[nH]1)C3CCCO. The Morgan fingerprint density at radius 1 is 1.50 bits per heavy atom. The number of ether oxygens (including phenoxy) is 1. The van der Waals surface area contributed by atoms with Gasteiger partial charge in [0.1, 0.15) is 5.69 Å². The third-order valence-corrected chi connectivity index (χ3v) is 3.58. The highest BCUT2D eigenvalue weighted by Crippen LogP contribution is 2.50. The monoisotopic (exact) mass is 245 g/mol. The average Bonchev–Trinajstić information content (AvgIpc) is 2.92. The standard InChI is InChI=1S/C14H15NO3/c1-18-14(17)12-7-10-11(15-12)5-4-9-8(13(9)10)3-2-6-16/h4-5,7-8,15-16H,2-3,6H2,1H3. The minimum absolute atomic E-state index is 0.230. The minimum Gasteiger partial charge on any atom is -0.464 e. The van der Waals surface area contributed by atoms with Crippen LogP contribution in [-0.4, -0.2) is 29.8 Å². The number of benzene rings is 1. The average molecular weight is 245 g/mol. The summed E-state index contributed by atoms with van der Waals surface area (Å²) in [6, 6.07) is 5.95. The number of carbonyl (C=O) groups excluding carboxylic acids is 1. The van der Waals surface area contributed by atoms with E-state index < -0.39 is 0 Å². The van der Waals surface area contributed by atoms with Gasteiger partial charge >= 0.3 is 5.97 Å². The molecule has 0 amide bonds. The van der Waals surface area contributed by atoms with Gasteiger partial charge in [-0.1, -0.05) is 6.07 Å². The van der Waals surface area contributed by atoms with Crippen molar-refractivity contribution in [2.24, 2.45) is 0 Å². The molecule has 3 rings (SSSR count). The Morgan fingerprint density at radius 2 is 2.33 bits per heavy atom. The number of aliphatic hydroxyl groups is 1. The molecule has 1 aromatic heterocycles. The number of aromatic nitrogens is 1. The molecule has 0 spiro atoms. The summed E-state index contributed by atoms with van der Waals surface area (Å²) in [4.78, 5) is 14.6. The van der Waals surface area contributed by atoms with Gasteiger partial charge in [-0.05, 0) is 36.1 Å². The summed E-state index contributed by atoms with van der Waals surface area (Å²) in [5, 5.41) is 9.98. The van der Waals surface area contributed by atoms with Gasteiger partial charge in [0, 0.05) is 23.4 Å². The number of hydrogen-bond donors (Lipinski definition) is 2. The van der Waals surface area contributed by atoms with Crippen LogP contribution in [0.5, 0.6) is 0 Å². The quantitative estimate of drug-likeness (QED) is 0.811. The van der Waals surface area contributed by atoms with E-state index in [-0.39, 0.29) is 12.6 Å². The first-order valence-electron chi connectivity index (χ1n) is 6.11. The van der Waals surface area contributed by atoms with Crippen molar-refractivity contribution in [3.63, 3.8) is 0 Å². The maximum absolute atomic E-state index is 11.5. The summed E-state index contributed by atoms with van der Waals surface area (Å²) >= 11 is 0. The first-order valence-corrected chi connectivity index (χ1v) is 6.11. The molecule has 0 saturated carbocycles. The Morgan fingerprint density at radius 3 is 3.06 bits per heavy atom. The Hall–Kier alpha value is -1.81. The Labute approximate surface area is 105 Å². The normalized spacial score (nSPS) is 16.7. The molecule has 0 bridgehead atoms. The van der Waals surface area contributed by atoms with E-state index in [1.54, 1.807) is 0 Å². The van der Waals surface area contributed by atoms with Crippen LogP contribution < -0.4 is 0 Å². The van der Waals surface area contributed by atoms with E-state index >= 15 is 0 Å². The second-order valence-electron chi connectivity index (χ2n) is 4.62. The van der Waals surface area contributed by atoms with Crippen LogP contribution in [0.3, 0.4) is 0 Å². The first-order chi connectivity index (χ1) is 8.76. The summed E-state index contributed by atoms with van der Waals surface area (Å²) in [6.07, 6.45) is 1.79. The molecule has 2 N–H and O–H groups in total. The van der Waals surface area contributed by atoms with Gasteiger partial charge in [-0.2, -0.15) is 0 Å². The lowest BCUT2D eigenvalue weighted by Gasteiger charge is -1.92. The molecule has 1 heterocycles. The molecule has 0 aliphatic heterocycles. The zero-order valence-corrected chi connectivity index (χ0v) is 10.2. The van der Waals surface area contributed by atoms with Crippen LogP contribution >= 0.6 is 0 Å². The summed E-state index contributed by atoms with van der Waals surface area (Å²) < 4.78 is 4.71. The fraction of sp³-hybridized carbons (Fsp3) is 0.357. The van der Waals surface area contributed by atoms with Gasteiger partial charge < -0.3 is 14.8 Å². The van der Waals surface area contributed by atoms with Gasteiger partial charge in [0.15, 0.2) is 0 Å². The smallest absolute Gasteiger partial charge is 0.354 e. The topological polar surface area (TPSA) is 62.3 Å². The maximum atomic E-state index is 11.5. The molecule has 4 nitrogen and oxygen atoms in total. The molecule has 4 heteroatoms. The summed E-state index contributed by atoms with van der Waals surface area (Å²) in [5.74, 6) is 0.114. The van der Waals surface area contributed by atoms with E-state index in [1.807, 2.05) is 12.1 Å². The van der Waals surface area contributed by atoms with Crippen molar-refractivity contribution in [1.29, 1.82) is 0 Å². The van der Waals surface area contributed by atoms with E-state index in [4.69, 9.17) is 9.84 Å². The highest BCUT2D eigenvalue weighted by atomic mass is 16.5. The van der Waals surface area contributed by atoms with E-state index in [0.717, 1.165) is 23.7 Å². The molecule has 0 saturated heterocycles. The number of aliphatic hydroxyl groups excluding tert-OH is 1. The number of H-pyrrole nitrogens is 1. The maximum Gasteiger partial charge on any atom is 0.354 e. The lowest BCUT2D eigenvalue weighted by molar-refractivity contribution is 0.0595. The molecule has 2 aromatic rings. The van der Waals surface area contributed by atoms with Crippen molar-refractivity contribution in [1.82, 2.24) is 4.98 Å². The van der Waals surface area contributed by atoms with Crippen molar-refractivity contribution in [3.05, 3.63) is 35.0 Å². The number of rotatable bonds is 4. The first kappa shape index (κ1) is 11.3. The van der Waals surface area contributed by atoms with Gasteiger partial charge in [0.2, 0.25) is 0 Å². The lowest BCUT2D eigenvalue weighted by atomic mass is 10.1. The molecule has 18 heavy (non-hydrogen) atoms. The number of hydrogen-bond acceptors (Lipinski definition) is 3. The van der Waals surface area contributed by atoms with Gasteiger partial charge in [-0.15, -0.1) is 0 Å². The second kappa shape index (κ2) is 4.14. The number of esters is 1. The van der Waals surface area contributed by atoms with Crippen LogP contribution in [0.1, 0.15) is 40.4 Å². The molecule has 1 aliphatic carbocycles. The van der Waals surface area contributed by atoms with Gasteiger partial charge in [-0.25, -0.2) is 4.79 Å². The van der Waals surface area contributed by atoms with Crippen LogP contribution in [0.2, 0.25) is 0 Å². The summed E-state index contributed by atoms with van der Waals surface area (Å²) in [7, 11) is 1.38. The number of aromatic amines is 1. The van der Waals surface area contributed by atoms with Crippen molar-refractivity contribution in [2.75, 3.05) is 13.7 Å². The van der Waals surface area contributed by atoms with Crippen LogP contribution in [0.15, 0.2) is 18.2 Å². The highest BCUT2D eigenvalue weighted by Gasteiger charge is 2.34. The molecular weight excluding hydrogens is 230 g/mol. The molecule has 0 radical (unpaired) electrons. The fourth-order valence-electron chi connectivity index (χ4n) is 2.65. The Bertz CT molecular complexity index is 615. The minimum atomic E-state index is -0.340. The van der Waals surface area contributed by atoms with Crippen molar-refractivity contribution in [3.8, 4) is 0 Å². The van der Waals surface area contributed by atoms with E-state index in [9.17, 15) is 4.79 Å². The van der Waals surface area contributed by atoms with Crippen molar-refractivity contribution in [2.45, 2.75) is 18.8 Å². The highest BCUT2D eigenvalue weighted by molar-refractivity contribution is 5.98. The Kier molecular flexibility index (Phi) is 2.59. The van der Waals surface area contributed by atoms with Crippen molar-refractivity contribution >= 4 is 16.9 Å². The fourth-order valence-corrected chi connectivity index (χ4v) is 2.65. The van der Waals surface area contributed by atoms with E-state index in [0.29, 0.717) is 11.6 Å². The summed E-state index contributed by atoms with van der Waals surface area (Å²) in [5.41, 5.74) is 4.12. The van der Waals surface area contributed by atoms with Crippen molar-refractivity contribution < 1.29 is 14.6 Å². The molecule has 1 aliphatic rings. The third-order valence-electron chi connectivity index (χ3n) is 3.58. The van der Waals surface area contributed by atoms with E-state index in [2.05, 4.69) is 11.1 Å². The number of methoxy groups -OCH3 is 1. The molecule has 0 fully saturated rings. The number of nitrogens with one attached hydrogen (secondary N) is 1. The van der Waals surface area contributed by atoms with Gasteiger partial charge in [0.05, 0.1) is 7.11 Å². The molecular formula is C14H15NO3. The second-order valence-corrected chi connectivity index (χ2v) is 4.62. The zero-order valence-electron chi connectivity index (χ0n) is 10.2. The predicted molar refractivity (Wildman–Crippen MR) is 67.8 cm³/mol.